The van der Waals surface area contributed by atoms with E-state index in [1.165, 1.54) is 5.57 Å². The van der Waals surface area contributed by atoms with Gasteiger partial charge in [-0.05, 0) is 38.2 Å². The molecule has 6 nitrogen and oxygen atoms in total. The van der Waals surface area contributed by atoms with Crippen LogP contribution in [0, 0.1) is 12.8 Å². The highest BCUT2D eigenvalue weighted by molar-refractivity contribution is 5.60. The van der Waals surface area contributed by atoms with Crippen molar-refractivity contribution in [2.24, 2.45) is 5.92 Å². The maximum atomic E-state index is 11.5. The smallest absolute Gasteiger partial charge is 0.127 e. The van der Waals surface area contributed by atoms with Crippen LogP contribution in [0.5, 0.6) is 11.5 Å². The summed E-state index contributed by atoms with van der Waals surface area (Å²) < 4.78 is 11.0. The van der Waals surface area contributed by atoms with Gasteiger partial charge in [-0.2, -0.15) is 0 Å². The third-order valence-corrected chi connectivity index (χ3v) is 7.36. The molecule has 1 aliphatic carbocycles. The third kappa shape index (κ3) is 4.92. The lowest BCUT2D eigenvalue weighted by Gasteiger charge is -2.33. The number of allylic oxidation sites excluding steroid dienone is 2. The van der Waals surface area contributed by atoms with Crippen LogP contribution in [-0.2, 0) is 22.6 Å². The molecule has 1 aromatic rings. The molecule has 0 spiro atoms. The Hall–Kier alpha value is -1.60. The lowest BCUT2D eigenvalue weighted by Crippen LogP contribution is -2.37. The van der Waals surface area contributed by atoms with E-state index in [1.807, 2.05) is 0 Å². The molecule has 6 heteroatoms. The number of ether oxygens (including phenoxy) is 2. The summed E-state index contributed by atoms with van der Waals surface area (Å²) in [6, 6.07) is 0. The lowest BCUT2D eigenvalue weighted by atomic mass is 9.76. The molecule has 1 aromatic carbocycles. The minimum absolute atomic E-state index is 0.0428. The number of morpholine rings is 2. The lowest BCUT2D eigenvalue weighted by molar-refractivity contribution is 0.0327. The normalized spacial score (nSPS) is 26.1. The Labute approximate surface area is 186 Å². The second-order valence-electron chi connectivity index (χ2n) is 9.52. The fraction of sp³-hybridized carbons (Fsp3) is 0.680. The summed E-state index contributed by atoms with van der Waals surface area (Å²) in [6.45, 7) is 14.2. The molecule has 0 aromatic heterocycles. The van der Waals surface area contributed by atoms with E-state index in [4.69, 9.17) is 9.47 Å². The Bertz CT molecular complexity index is 763. The van der Waals surface area contributed by atoms with Gasteiger partial charge in [0.05, 0.1) is 26.4 Å². The molecule has 0 amide bonds. The van der Waals surface area contributed by atoms with Crippen LogP contribution in [0.1, 0.15) is 54.9 Å². The molecule has 31 heavy (non-hydrogen) atoms. The van der Waals surface area contributed by atoms with Gasteiger partial charge in [0.1, 0.15) is 11.5 Å². The first-order valence-corrected chi connectivity index (χ1v) is 11.8. The van der Waals surface area contributed by atoms with Crippen LogP contribution in [-0.4, -0.2) is 72.6 Å². The quantitative estimate of drug-likeness (QED) is 0.697. The Morgan fingerprint density at radius 2 is 1.35 bits per heavy atom. The largest absolute Gasteiger partial charge is 0.507 e. The predicted molar refractivity (Wildman–Crippen MR) is 122 cm³/mol. The monoisotopic (exact) mass is 430 g/mol. The fourth-order valence-corrected chi connectivity index (χ4v) is 5.20. The van der Waals surface area contributed by atoms with Crippen molar-refractivity contribution in [3.63, 3.8) is 0 Å². The molecule has 3 aliphatic rings. The van der Waals surface area contributed by atoms with Crippen molar-refractivity contribution in [1.29, 1.82) is 0 Å². The average Bonchev–Trinajstić information content (AvgIpc) is 2.78. The highest BCUT2D eigenvalue weighted by Gasteiger charge is 2.32. The maximum Gasteiger partial charge on any atom is 0.127 e. The Morgan fingerprint density at radius 1 is 0.871 bits per heavy atom. The van der Waals surface area contributed by atoms with Crippen molar-refractivity contribution in [3.05, 3.63) is 33.9 Å². The van der Waals surface area contributed by atoms with Gasteiger partial charge in [0, 0.05) is 61.9 Å². The molecule has 2 atom stereocenters. The summed E-state index contributed by atoms with van der Waals surface area (Å²) in [5, 5.41) is 23.0. The summed E-state index contributed by atoms with van der Waals surface area (Å²) >= 11 is 0. The summed E-state index contributed by atoms with van der Waals surface area (Å²) in [7, 11) is 0. The zero-order valence-electron chi connectivity index (χ0n) is 19.3. The average molecular weight is 431 g/mol. The van der Waals surface area contributed by atoms with Crippen molar-refractivity contribution in [3.8, 4) is 11.5 Å². The number of phenols is 2. The van der Waals surface area contributed by atoms with Crippen molar-refractivity contribution in [1.82, 2.24) is 9.80 Å². The van der Waals surface area contributed by atoms with Gasteiger partial charge in [-0.1, -0.05) is 18.6 Å². The van der Waals surface area contributed by atoms with E-state index in [1.54, 1.807) is 0 Å². The molecule has 2 N–H and O–H groups in total. The van der Waals surface area contributed by atoms with Gasteiger partial charge in [-0.25, -0.2) is 0 Å². The highest BCUT2D eigenvalue weighted by atomic mass is 16.5. The summed E-state index contributed by atoms with van der Waals surface area (Å²) in [6.07, 6.45) is 4.43. The molecule has 2 saturated heterocycles. The number of rotatable bonds is 5. The van der Waals surface area contributed by atoms with Crippen LogP contribution >= 0.6 is 0 Å². The van der Waals surface area contributed by atoms with E-state index in [2.05, 4.69) is 36.6 Å². The van der Waals surface area contributed by atoms with Crippen molar-refractivity contribution < 1.29 is 19.7 Å². The van der Waals surface area contributed by atoms with E-state index in [0.29, 0.717) is 19.0 Å². The van der Waals surface area contributed by atoms with E-state index < -0.39 is 0 Å². The first kappa shape index (κ1) is 22.6. The van der Waals surface area contributed by atoms with Gasteiger partial charge in [-0.15, -0.1) is 0 Å². The van der Waals surface area contributed by atoms with Gasteiger partial charge < -0.3 is 19.7 Å². The van der Waals surface area contributed by atoms with E-state index in [-0.39, 0.29) is 17.4 Å². The predicted octanol–water partition coefficient (Wildman–Crippen LogP) is 3.53. The molecular weight excluding hydrogens is 392 g/mol. The van der Waals surface area contributed by atoms with Gasteiger partial charge in [0.25, 0.3) is 0 Å². The minimum Gasteiger partial charge on any atom is -0.507 e. The second-order valence-corrected chi connectivity index (χ2v) is 9.52. The SMILES string of the molecule is CC1=C[C@@H](c2c(O)c(CN3CCOCC3)c(C)c(CN3CCOCC3)c2O)[C@H](C)CC1. The van der Waals surface area contributed by atoms with Crippen LogP contribution < -0.4 is 0 Å². The molecule has 0 bridgehead atoms. The van der Waals surface area contributed by atoms with Crippen molar-refractivity contribution in [2.45, 2.75) is 52.6 Å². The van der Waals surface area contributed by atoms with E-state index >= 15 is 0 Å². The molecule has 2 heterocycles. The molecule has 0 saturated carbocycles. The summed E-state index contributed by atoms with van der Waals surface area (Å²) in [4.78, 5) is 4.69. The number of hydrogen-bond acceptors (Lipinski definition) is 6. The minimum atomic E-state index is 0.0428. The first-order valence-electron chi connectivity index (χ1n) is 11.8. The zero-order chi connectivity index (χ0) is 22.0. The highest BCUT2D eigenvalue weighted by Crippen LogP contribution is 2.48. The van der Waals surface area contributed by atoms with Crippen molar-refractivity contribution in [2.75, 3.05) is 52.6 Å². The summed E-state index contributed by atoms with van der Waals surface area (Å²) in [5.41, 5.74) is 5.00. The molecular formula is C25H38N2O4. The van der Waals surface area contributed by atoms with Crippen molar-refractivity contribution >= 4 is 0 Å². The van der Waals surface area contributed by atoms with Crippen LogP contribution in [0.4, 0.5) is 0 Å². The van der Waals surface area contributed by atoms with Gasteiger partial charge >= 0.3 is 0 Å². The Morgan fingerprint density at radius 3 is 1.84 bits per heavy atom. The summed E-state index contributed by atoms with van der Waals surface area (Å²) in [5.74, 6) is 1.00. The second kappa shape index (κ2) is 9.90. The van der Waals surface area contributed by atoms with Crippen LogP contribution in [0.3, 0.4) is 0 Å². The molecule has 2 aliphatic heterocycles. The van der Waals surface area contributed by atoms with Crippen LogP contribution in [0.25, 0.3) is 0 Å². The molecule has 2 fully saturated rings. The maximum absolute atomic E-state index is 11.5. The molecule has 4 rings (SSSR count). The molecule has 172 valence electrons. The standard InChI is InChI=1S/C25H38N2O4/c1-17-4-5-18(2)20(14-17)23-24(28)21(15-26-6-10-30-11-7-26)19(3)22(25(23)29)16-27-8-12-31-13-9-27/h14,18,20,28-29H,4-13,15-16H2,1-3H3/t18-,20-/m1/s1. The number of aromatic hydroxyl groups is 2. The first-order chi connectivity index (χ1) is 15.0. The molecule has 0 radical (unpaired) electrons. The van der Waals surface area contributed by atoms with Crippen LogP contribution in [0.2, 0.25) is 0 Å². The van der Waals surface area contributed by atoms with Gasteiger partial charge in [-0.3, -0.25) is 9.80 Å². The number of phenolic OH excluding ortho intramolecular Hbond substituents is 2. The van der Waals surface area contributed by atoms with E-state index in [0.717, 1.165) is 87.7 Å². The Balaban J connectivity index is 1.77. The topological polar surface area (TPSA) is 65.4 Å². The van der Waals surface area contributed by atoms with Crippen LogP contribution in [0.15, 0.2) is 11.6 Å². The van der Waals surface area contributed by atoms with Gasteiger partial charge in [0.2, 0.25) is 0 Å². The third-order valence-electron chi connectivity index (χ3n) is 7.36. The molecule has 0 unspecified atom stereocenters. The number of nitrogens with zero attached hydrogens (tertiary/aromatic N) is 2. The number of hydrogen-bond donors (Lipinski definition) is 2. The zero-order valence-corrected chi connectivity index (χ0v) is 19.3. The Kier molecular flexibility index (Phi) is 7.22. The fourth-order valence-electron chi connectivity index (χ4n) is 5.20. The van der Waals surface area contributed by atoms with E-state index in [9.17, 15) is 10.2 Å². The number of benzene rings is 1. The van der Waals surface area contributed by atoms with Gasteiger partial charge in [0.15, 0.2) is 0 Å².